The van der Waals surface area contributed by atoms with Crippen molar-refractivity contribution in [3.63, 3.8) is 0 Å². The second-order valence-electron chi connectivity index (χ2n) is 4.25. The minimum absolute atomic E-state index is 0.801. The fourth-order valence-corrected chi connectivity index (χ4v) is 2.64. The lowest BCUT2D eigenvalue weighted by Crippen LogP contribution is -2.43. The molecule has 2 heterocycles. The fraction of sp³-hybridized carbons (Fsp3) is 1.00. The molecule has 0 radical (unpaired) electrons. The molecule has 0 aromatic rings. The molecule has 2 nitrogen and oxygen atoms in total. The van der Waals surface area contributed by atoms with Crippen LogP contribution in [-0.2, 0) is 0 Å². The van der Waals surface area contributed by atoms with Gasteiger partial charge in [0.15, 0.2) is 0 Å². The number of likely N-dealkylation sites (tertiary alicyclic amines) is 1. The number of hydrogen-bond donors (Lipinski definition) is 1. The molecule has 2 saturated heterocycles. The normalized spacial score (nSPS) is 38.8. The van der Waals surface area contributed by atoms with E-state index in [1.165, 1.54) is 45.2 Å². The van der Waals surface area contributed by atoms with E-state index in [-0.39, 0.29) is 0 Å². The Balaban J connectivity index is 1.98. The summed E-state index contributed by atoms with van der Waals surface area (Å²) >= 11 is 0. The summed E-state index contributed by atoms with van der Waals surface area (Å²) in [5.41, 5.74) is 0. The quantitative estimate of drug-likeness (QED) is 0.585. The molecule has 0 amide bonds. The maximum absolute atomic E-state index is 3.62. The highest BCUT2D eigenvalue weighted by atomic mass is 15.2. The highest BCUT2D eigenvalue weighted by Gasteiger charge is 2.29. The van der Waals surface area contributed by atoms with Gasteiger partial charge in [-0.1, -0.05) is 12.8 Å². The van der Waals surface area contributed by atoms with Crippen LogP contribution in [0.3, 0.4) is 0 Å². The van der Waals surface area contributed by atoms with Crippen LogP contribution in [0.25, 0.3) is 0 Å². The van der Waals surface area contributed by atoms with Gasteiger partial charge in [0.05, 0.1) is 0 Å². The van der Waals surface area contributed by atoms with Crippen LogP contribution in [0.2, 0.25) is 0 Å². The van der Waals surface area contributed by atoms with Crippen molar-refractivity contribution in [2.24, 2.45) is 0 Å². The molecule has 0 aromatic heterocycles. The van der Waals surface area contributed by atoms with Crippen molar-refractivity contribution >= 4 is 0 Å². The number of hydrogen-bond acceptors (Lipinski definition) is 2. The Kier molecular flexibility index (Phi) is 2.66. The Labute approximate surface area is 75.3 Å². The van der Waals surface area contributed by atoms with Gasteiger partial charge in [-0.3, -0.25) is 0 Å². The second kappa shape index (κ2) is 3.75. The number of nitrogens with one attached hydrogen (secondary N) is 1. The molecule has 0 aromatic carbocycles. The molecule has 12 heavy (non-hydrogen) atoms. The topological polar surface area (TPSA) is 15.3 Å². The highest BCUT2D eigenvalue weighted by molar-refractivity contribution is 4.90. The molecule has 2 heteroatoms. The highest BCUT2D eigenvalue weighted by Crippen LogP contribution is 2.21. The summed E-state index contributed by atoms with van der Waals surface area (Å²) in [6.45, 7) is 2.54. The van der Waals surface area contributed by atoms with Crippen molar-refractivity contribution in [3.8, 4) is 0 Å². The second-order valence-corrected chi connectivity index (χ2v) is 4.25. The van der Waals surface area contributed by atoms with E-state index in [2.05, 4.69) is 17.3 Å². The largest absolute Gasteiger partial charge is 0.312 e. The molecule has 2 atom stereocenters. The lowest BCUT2D eigenvalue weighted by atomic mass is 9.98. The van der Waals surface area contributed by atoms with Gasteiger partial charge in [-0.05, 0) is 39.4 Å². The van der Waals surface area contributed by atoms with Crippen LogP contribution >= 0.6 is 0 Å². The number of fused-ring (bicyclic) bond motifs is 1. The van der Waals surface area contributed by atoms with Crippen molar-refractivity contribution < 1.29 is 0 Å². The smallest absolute Gasteiger partial charge is 0.0258 e. The third-order valence-electron chi connectivity index (χ3n) is 3.40. The first kappa shape index (κ1) is 8.52. The molecule has 0 aliphatic carbocycles. The van der Waals surface area contributed by atoms with Crippen LogP contribution in [0.1, 0.15) is 32.1 Å². The Hall–Kier alpha value is -0.0800. The van der Waals surface area contributed by atoms with Gasteiger partial charge in [0.2, 0.25) is 0 Å². The number of nitrogens with zero attached hydrogens (tertiary/aromatic N) is 1. The molecule has 2 rings (SSSR count). The van der Waals surface area contributed by atoms with Crippen molar-refractivity contribution in [1.29, 1.82) is 0 Å². The van der Waals surface area contributed by atoms with Gasteiger partial charge < -0.3 is 10.2 Å². The van der Waals surface area contributed by atoms with E-state index < -0.39 is 0 Å². The summed E-state index contributed by atoms with van der Waals surface area (Å²) in [6, 6.07) is 1.64. The van der Waals surface area contributed by atoms with Crippen molar-refractivity contribution in [2.45, 2.75) is 44.2 Å². The minimum Gasteiger partial charge on any atom is -0.312 e. The molecule has 70 valence electrons. The summed E-state index contributed by atoms with van der Waals surface area (Å²) in [4.78, 5) is 2.56. The van der Waals surface area contributed by atoms with Gasteiger partial charge >= 0.3 is 0 Å². The van der Waals surface area contributed by atoms with Gasteiger partial charge in [0.25, 0.3) is 0 Å². The minimum atomic E-state index is 0.801. The monoisotopic (exact) mass is 168 g/mol. The van der Waals surface area contributed by atoms with E-state index in [9.17, 15) is 0 Å². The predicted molar refractivity (Wildman–Crippen MR) is 51.3 cm³/mol. The van der Waals surface area contributed by atoms with Crippen molar-refractivity contribution in [2.75, 3.05) is 20.1 Å². The van der Waals surface area contributed by atoms with Crippen LogP contribution in [0.15, 0.2) is 0 Å². The van der Waals surface area contributed by atoms with Crippen LogP contribution in [0.4, 0.5) is 0 Å². The number of rotatable bonds is 0. The Morgan fingerprint density at radius 2 is 2.08 bits per heavy atom. The zero-order valence-corrected chi connectivity index (χ0v) is 8.05. The van der Waals surface area contributed by atoms with E-state index in [1.807, 2.05) is 0 Å². The summed E-state index contributed by atoms with van der Waals surface area (Å²) < 4.78 is 0. The van der Waals surface area contributed by atoms with Crippen LogP contribution < -0.4 is 5.32 Å². The van der Waals surface area contributed by atoms with Gasteiger partial charge in [0, 0.05) is 12.1 Å². The lowest BCUT2D eigenvalue weighted by molar-refractivity contribution is 0.197. The molecular formula is C10H20N2. The first-order valence-corrected chi connectivity index (χ1v) is 5.31. The Bertz CT molecular complexity index is 147. The average molecular weight is 168 g/mol. The standard InChI is InChI=1S/C10H20N2/c1-12-8-4-2-3-5-9-10(12)6-7-11-9/h9-11H,2-8H2,1H3. The molecule has 2 aliphatic heterocycles. The van der Waals surface area contributed by atoms with Gasteiger partial charge in [-0.25, -0.2) is 0 Å². The van der Waals surface area contributed by atoms with E-state index in [0.29, 0.717) is 0 Å². The van der Waals surface area contributed by atoms with E-state index in [4.69, 9.17) is 0 Å². The van der Waals surface area contributed by atoms with E-state index >= 15 is 0 Å². The van der Waals surface area contributed by atoms with Crippen LogP contribution in [-0.4, -0.2) is 37.1 Å². The third kappa shape index (κ3) is 1.64. The van der Waals surface area contributed by atoms with E-state index in [0.717, 1.165) is 12.1 Å². The summed E-state index contributed by atoms with van der Waals surface area (Å²) in [6.07, 6.45) is 7.02. The average Bonchev–Trinajstić information content (AvgIpc) is 2.47. The molecule has 0 bridgehead atoms. The Morgan fingerprint density at radius 3 is 3.00 bits per heavy atom. The van der Waals surface area contributed by atoms with Crippen molar-refractivity contribution in [1.82, 2.24) is 10.2 Å². The number of likely N-dealkylation sites (N-methyl/N-ethyl adjacent to an activating group) is 1. The van der Waals surface area contributed by atoms with E-state index in [1.54, 1.807) is 0 Å². The molecule has 2 unspecified atom stereocenters. The first-order valence-electron chi connectivity index (χ1n) is 5.31. The first-order chi connectivity index (χ1) is 5.88. The summed E-state index contributed by atoms with van der Waals surface area (Å²) in [5.74, 6) is 0. The predicted octanol–water partition coefficient (Wildman–Crippen LogP) is 1.22. The molecule has 2 aliphatic rings. The Morgan fingerprint density at radius 1 is 1.17 bits per heavy atom. The van der Waals surface area contributed by atoms with Crippen LogP contribution in [0.5, 0.6) is 0 Å². The van der Waals surface area contributed by atoms with Gasteiger partial charge in [-0.15, -0.1) is 0 Å². The molecule has 1 N–H and O–H groups in total. The van der Waals surface area contributed by atoms with Crippen LogP contribution in [0, 0.1) is 0 Å². The zero-order valence-electron chi connectivity index (χ0n) is 8.05. The van der Waals surface area contributed by atoms with Gasteiger partial charge in [0.1, 0.15) is 0 Å². The van der Waals surface area contributed by atoms with Crippen molar-refractivity contribution in [3.05, 3.63) is 0 Å². The fourth-order valence-electron chi connectivity index (χ4n) is 2.64. The maximum atomic E-state index is 3.62. The lowest BCUT2D eigenvalue weighted by Gasteiger charge is -2.31. The molecular weight excluding hydrogens is 148 g/mol. The summed E-state index contributed by atoms with van der Waals surface area (Å²) in [7, 11) is 2.29. The maximum Gasteiger partial charge on any atom is 0.0258 e. The third-order valence-corrected chi connectivity index (χ3v) is 3.40. The molecule has 0 saturated carbocycles. The van der Waals surface area contributed by atoms with Gasteiger partial charge in [-0.2, -0.15) is 0 Å². The SMILES string of the molecule is CN1CCCCCC2NCCC21. The molecule has 2 fully saturated rings. The molecule has 0 spiro atoms. The summed E-state index contributed by atoms with van der Waals surface area (Å²) in [5, 5.41) is 3.62. The zero-order chi connectivity index (χ0) is 8.39.